The Morgan fingerprint density at radius 3 is 2.67 bits per heavy atom. The van der Waals surface area contributed by atoms with Crippen molar-refractivity contribution in [1.29, 1.82) is 5.26 Å². The first-order valence-corrected chi connectivity index (χ1v) is 14.3. The van der Waals surface area contributed by atoms with Gasteiger partial charge in [0, 0.05) is 49.9 Å². The summed E-state index contributed by atoms with van der Waals surface area (Å²) >= 11 is 0. The Morgan fingerprint density at radius 1 is 1.16 bits per heavy atom. The van der Waals surface area contributed by atoms with Gasteiger partial charge in [-0.1, -0.05) is 18.7 Å². The van der Waals surface area contributed by atoms with Crippen LogP contribution in [0.25, 0.3) is 22.0 Å². The predicted octanol–water partition coefficient (Wildman–Crippen LogP) is 4.06. The molecule has 1 atom stereocenters. The molecule has 43 heavy (non-hydrogen) atoms. The van der Waals surface area contributed by atoms with E-state index in [0.29, 0.717) is 79.1 Å². The quantitative estimate of drug-likeness (QED) is 0.397. The molecule has 0 unspecified atom stereocenters. The van der Waals surface area contributed by atoms with Crippen molar-refractivity contribution in [3.63, 3.8) is 0 Å². The number of fused-ring (bicyclic) bond motifs is 3. The van der Waals surface area contributed by atoms with Crippen molar-refractivity contribution in [2.45, 2.75) is 31.3 Å². The number of nitriles is 1. The van der Waals surface area contributed by atoms with Crippen LogP contribution in [0, 0.1) is 23.0 Å². The number of carbonyl (C=O) groups is 1. The zero-order chi connectivity index (χ0) is 30.4. The average Bonchev–Trinajstić information content (AvgIpc) is 2.96. The molecule has 1 aromatic heterocycles. The van der Waals surface area contributed by atoms with E-state index >= 15 is 4.39 Å². The highest BCUT2D eigenvalue weighted by Crippen LogP contribution is 2.45. The Hall–Kier alpha value is -4.37. The Balaban J connectivity index is 1.52. The molecule has 3 aliphatic heterocycles. The molecule has 12 heteroatoms. The minimum absolute atomic E-state index is 0.000361. The fraction of sp³-hybridized carbons (Fsp3) is 0.419. The van der Waals surface area contributed by atoms with Crippen molar-refractivity contribution in [2.75, 3.05) is 63.2 Å². The highest BCUT2D eigenvalue weighted by molar-refractivity contribution is 6.01. The van der Waals surface area contributed by atoms with Crippen molar-refractivity contribution in [2.24, 2.45) is 0 Å². The number of hydrogen-bond donors (Lipinski definition) is 0. The number of amides is 1. The molecule has 2 saturated heterocycles. The minimum atomic E-state index is -1.07. The number of likely N-dealkylation sites (N-methyl/N-ethyl adjacent to an activating group) is 1. The smallest absolute Gasteiger partial charge is 0.282 e. The van der Waals surface area contributed by atoms with Crippen LogP contribution in [0.2, 0.25) is 0 Å². The van der Waals surface area contributed by atoms with Crippen molar-refractivity contribution in [3.05, 3.63) is 53.9 Å². The number of halogens is 3. The summed E-state index contributed by atoms with van der Waals surface area (Å²) in [5.41, 5.74) is 1.91. The Kier molecular flexibility index (Phi) is 7.60. The van der Waals surface area contributed by atoms with E-state index in [1.807, 2.05) is 19.0 Å². The van der Waals surface area contributed by atoms with E-state index in [9.17, 15) is 18.8 Å². The molecule has 224 valence electrons. The second-order valence-electron chi connectivity index (χ2n) is 11.4. The lowest BCUT2D eigenvalue weighted by Crippen LogP contribution is -2.58. The maximum atomic E-state index is 15.1. The van der Waals surface area contributed by atoms with E-state index in [1.165, 1.54) is 11.0 Å². The molecule has 4 heterocycles. The Morgan fingerprint density at radius 2 is 1.95 bits per heavy atom. The standard InChI is InChI=1S/C31H32F3N7O2/c1-18(32)30(42)41-12-11-39(15-19(41)9-10-35)29-26-25(36-31(37-29)40-16-20(17-40)38(2)3)14-23(22-7-5-13-43-28(22)26)21-6-4-8-24(33)27(21)34/h4,6,8,14,19-20H,1,5,7,9,11-13,15-17H2,2-3H3/t19-/m0/s1. The van der Waals surface area contributed by atoms with Gasteiger partial charge >= 0.3 is 0 Å². The number of aromatic nitrogens is 2. The van der Waals surface area contributed by atoms with Crippen molar-refractivity contribution in [1.82, 2.24) is 19.8 Å². The van der Waals surface area contributed by atoms with Gasteiger partial charge in [-0.3, -0.25) is 4.79 Å². The minimum Gasteiger partial charge on any atom is -0.492 e. The maximum absolute atomic E-state index is 15.1. The van der Waals surface area contributed by atoms with Crippen LogP contribution < -0.4 is 14.5 Å². The lowest BCUT2D eigenvalue weighted by molar-refractivity contribution is -0.131. The topological polar surface area (TPSA) is 88.8 Å². The van der Waals surface area contributed by atoms with E-state index in [1.54, 1.807) is 12.1 Å². The zero-order valence-electron chi connectivity index (χ0n) is 24.1. The third kappa shape index (κ3) is 5.12. The van der Waals surface area contributed by atoms with Crippen LogP contribution in [0.3, 0.4) is 0 Å². The fourth-order valence-corrected chi connectivity index (χ4v) is 6.12. The molecule has 0 aliphatic carbocycles. The molecule has 0 N–H and O–H groups in total. The molecule has 0 radical (unpaired) electrons. The highest BCUT2D eigenvalue weighted by atomic mass is 19.2. The number of rotatable bonds is 6. The van der Waals surface area contributed by atoms with Gasteiger partial charge in [-0.15, -0.1) is 0 Å². The van der Waals surface area contributed by atoms with Crippen LogP contribution in [-0.2, 0) is 11.2 Å². The van der Waals surface area contributed by atoms with Crippen LogP contribution in [0.1, 0.15) is 18.4 Å². The zero-order valence-corrected chi connectivity index (χ0v) is 24.1. The molecule has 6 rings (SSSR count). The lowest BCUT2D eigenvalue weighted by atomic mass is 9.91. The van der Waals surface area contributed by atoms with Crippen LogP contribution >= 0.6 is 0 Å². The van der Waals surface area contributed by atoms with Gasteiger partial charge in [-0.05, 0) is 44.6 Å². The Labute approximate surface area is 247 Å². The second kappa shape index (κ2) is 11.4. The maximum Gasteiger partial charge on any atom is 0.282 e. The summed E-state index contributed by atoms with van der Waals surface area (Å²) in [5, 5.41) is 10.1. The number of benzene rings is 2. The number of nitrogens with zero attached hydrogens (tertiary/aromatic N) is 7. The Bertz CT molecular complexity index is 1650. The van der Waals surface area contributed by atoms with Crippen molar-refractivity contribution >= 4 is 28.6 Å². The first-order chi connectivity index (χ1) is 20.7. The third-order valence-electron chi connectivity index (χ3n) is 8.55. The van der Waals surface area contributed by atoms with Crippen LogP contribution in [-0.4, -0.2) is 91.2 Å². The third-order valence-corrected chi connectivity index (χ3v) is 8.55. The number of anilines is 2. The first-order valence-electron chi connectivity index (χ1n) is 14.3. The second-order valence-corrected chi connectivity index (χ2v) is 11.4. The summed E-state index contributed by atoms with van der Waals surface area (Å²) in [4.78, 5) is 30.0. The molecule has 2 fully saturated rings. The number of carbonyl (C=O) groups excluding carboxylic acids is 1. The molecular formula is C31H32F3N7O2. The van der Waals surface area contributed by atoms with Crippen LogP contribution in [0.5, 0.6) is 5.75 Å². The van der Waals surface area contributed by atoms with Gasteiger partial charge < -0.3 is 24.3 Å². The number of ether oxygens (including phenoxy) is 1. The summed E-state index contributed by atoms with van der Waals surface area (Å²) in [6, 6.07) is 7.75. The van der Waals surface area contributed by atoms with Gasteiger partial charge in [0.1, 0.15) is 11.6 Å². The summed E-state index contributed by atoms with van der Waals surface area (Å²) < 4.78 is 49.6. The van der Waals surface area contributed by atoms with Gasteiger partial charge in [0.05, 0.1) is 36.0 Å². The molecule has 3 aliphatic rings. The van der Waals surface area contributed by atoms with Gasteiger partial charge in [0.2, 0.25) is 5.95 Å². The summed E-state index contributed by atoms with van der Waals surface area (Å²) in [7, 11) is 4.03. The molecule has 0 saturated carbocycles. The molecule has 0 bridgehead atoms. The molecule has 3 aromatic rings. The molecular weight excluding hydrogens is 559 g/mol. The van der Waals surface area contributed by atoms with Gasteiger partial charge in [0.15, 0.2) is 17.5 Å². The number of piperazine rings is 1. The SMILES string of the molecule is C=C(F)C(=O)N1CCN(c2nc(N3CC(N(C)C)C3)nc3cc(-c4cccc(F)c4F)c4c(c23)OCCC4)C[C@@H]1CC#N. The molecule has 0 spiro atoms. The largest absolute Gasteiger partial charge is 0.492 e. The number of hydrogen-bond acceptors (Lipinski definition) is 8. The molecule has 2 aromatic carbocycles. The average molecular weight is 592 g/mol. The van der Waals surface area contributed by atoms with Crippen LogP contribution in [0.15, 0.2) is 36.7 Å². The summed E-state index contributed by atoms with van der Waals surface area (Å²) in [5.74, 6) is -2.21. The lowest BCUT2D eigenvalue weighted by Gasteiger charge is -2.44. The van der Waals surface area contributed by atoms with Gasteiger partial charge in [-0.25, -0.2) is 18.2 Å². The fourth-order valence-electron chi connectivity index (χ4n) is 6.12. The van der Waals surface area contributed by atoms with E-state index in [0.717, 1.165) is 11.6 Å². The van der Waals surface area contributed by atoms with Gasteiger partial charge in [-0.2, -0.15) is 10.2 Å². The van der Waals surface area contributed by atoms with Crippen molar-refractivity contribution < 1.29 is 22.7 Å². The monoisotopic (exact) mass is 591 g/mol. The van der Waals surface area contributed by atoms with E-state index < -0.39 is 29.4 Å². The van der Waals surface area contributed by atoms with E-state index in [-0.39, 0.29) is 25.1 Å². The summed E-state index contributed by atoms with van der Waals surface area (Å²) in [6.07, 6.45) is 1.29. The van der Waals surface area contributed by atoms with Crippen LogP contribution in [0.4, 0.5) is 24.9 Å². The predicted molar refractivity (Wildman–Crippen MR) is 157 cm³/mol. The van der Waals surface area contributed by atoms with Crippen molar-refractivity contribution in [3.8, 4) is 22.9 Å². The van der Waals surface area contributed by atoms with E-state index in [2.05, 4.69) is 22.4 Å². The summed E-state index contributed by atoms with van der Waals surface area (Å²) in [6.45, 7) is 5.72. The molecule has 9 nitrogen and oxygen atoms in total. The highest BCUT2D eigenvalue weighted by Gasteiger charge is 2.36. The first kappa shape index (κ1) is 28.7. The van der Waals surface area contributed by atoms with E-state index in [4.69, 9.17) is 14.7 Å². The van der Waals surface area contributed by atoms with Gasteiger partial charge in [0.25, 0.3) is 5.91 Å². The normalized spacial score (nSPS) is 18.7. The molecule has 1 amide bonds.